The number of ether oxygens (including phenoxy) is 1. The smallest absolute Gasteiger partial charge is 0.352 e. The molecule has 0 aliphatic carbocycles. The van der Waals surface area contributed by atoms with E-state index in [9.17, 15) is 19.1 Å². The Morgan fingerprint density at radius 3 is 2.24 bits per heavy atom. The molecule has 7 heteroatoms. The molecule has 146 valence electrons. The lowest BCUT2D eigenvalue weighted by molar-refractivity contribution is -0.132. The second-order valence-corrected chi connectivity index (χ2v) is 7.09. The molecule has 0 saturated carbocycles. The average Bonchev–Trinajstić information content (AvgIpc) is 2.71. The van der Waals surface area contributed by atoms with Crippen LogP contribution in [0.25, 0.3) is 6.08 Å². The Morgan fingerprint density at radius 2 is 1.62 bits per heavy atom. The number of carbonyl (C=O) groups is 2. The van der Waals surface area contributed by atoms with E-state index in [2.05, 4.69) is 27.9 Å². The van der Waals surface area contributed by atoms with E-state index in [1.807, 2.05) is 24.3 Å². The summed E-state index contributed by atoms with van der Waals surface area (Å²) in [5.74, 6) is -1.10. The van der Waals surface area contributed by atoms with Gasteiger partial charge >= 0.3 is 5.97 Å². The second kappa shape index (κ2) is 9.33. The first-order chi connectivity index (χ1) is 13.9. The monoisotopic (exact) mass is 503 g/mol. The number of para-hydroxylation sites is 1. The van der Waals surface area contributed by atoms with E-state index in [4.69, 9.17) is 4.74 Å². The number of benzene rings is 3. The highest BCUT2D eigenvalue weighted by molar-refractivity contribution is 14.1. The Kier molecular flexibility index (Phi) is 6.61. The minimum absolute atomic E-state index is 0.153. The van der Waals surface area contributed by atoms with Gasteiger partial charge in [-0.15, -0.1) is 0 Å². The number of rotatable bonds is 6. The molecule has 0 saturated heterocycles. The summed E-state index contributed by atoms with van der Waals surface area (Å²) in [5.41, 5.74) is 0.419. The Hall–Kier alpha value is -3.20. The van der Waals surface area contributed by atoms with Gasteiger partial charge in [0.2, 0.25) is 0 Å². The van der Waals surface area contributed by atoms with Gasteiger partial charge in [0, 0.05) is 5.56 Å². The van der Waals surface area contributed by atoms with Gasteiger partial charge in [-0.25, -0.2) is 9.18 Å². The van der Waals surface area contributed by atoms with Gasteiger partial charge < -0.3 is 15.2 Å². The molecule has 3 rings (SSSR count). The van der Waals surface area contributed by atoms with E-state index < -0.39 is 17.7 Å². The lowest BCUT2D eigenvalue weighted by Crippen LogP contribution is -2.27. The topological polar surface area (TPSA) is 75.6 Å². The van der Waals surface area contributed by atoms with Crippen LogP contribution in [0.4, 0.5) is 4.39 Å². The van der Waals surface area contributed by atoms with Crippen molar-refractivity contribution in [3.05, 3.63) is 99.0 Å². The van der Waals surface area contributed by atoms with Gasteiger partial charge in [0.25, 0.3) is 5.91 Å². The molecular weight excluding hydrogens is 488 g/mol. The molecule has 0 radical (unpaired) electrons. The van der Waals surface area contributed by atoms with Crippen molar-refractivity contribution >= 4 is 40.5 Å². The molecule has 0 atom stereocenters. The Bertz CT molecular complexity index is 1060. The van der Waals surface area contributed by atoms with Crippen LogP contribution >= 0.6 is 22.6 Å². The standard InChI is InChI=1S/C22H15FINO4/c23-16-9-7-15(8-10-16)21(26)25-19(22(27)28)13-14-5-11-17(12-6-14)29-20-4-2-1-3-18(20)24/h1-13H,(H,25,26)(H,27,28). The maximum atomic E-state index is 13.0. The van der Waals surface area contributed by atoms with Crippen molar-refractivity contribution < 1.29 is 23.8 Å². The van der Waals surface area contributed by atoms with Crippen molar-refractivity contribution in [3.8, 4) is 11.5 Å². The van der Waals surface area contributed by atoms with Gasteiger partial charge in [-0.2, -0.15) is 0 Å². The number of carbonyl (C=O) groups excluding carboxylic acids is 1. The van der Waals surface area contributed by atoms with Crippen LogP contribution in [0.15, 0.2) is 78.5 Å². The molecule has 3 aromatic rings. The van der Waals surface area contributed by atoms with E-state index in [1.54, 1.807) is 24.3 Å². The maximum Gasteiger partial charge on any atom is 0.352 e. The number of amides is 1. The number of halogens is 2. The first-order valence-electron chi connectivity index (χ1n) is 8.47. The van der Waals surface area contributed by atoms with Gasteiger partial charge in [-0.3, -0.25) is 4.79 Å². The normalized spacial score (nSPS) is 11.0. The van der Waals surface area contributed by atoms with E-state index in [1.165, 1.54) is 18.2 Å². The van der Waals surface area contributed by atoms with Crippen molar-refractivity contribution in [2.45, 2.75) is 0 Å². The number of carboxylic acids is 1. The Balaban J connectivity index is 1.75. The molecule has 0 aliphatic rings. The summed E-state index contributed by atoms with van der Waals surface area (Å²) in [7, 11) is 0. The molecule has 0 spiro atoms. The van der Waals surface area contributed by atoms with Gasteiger partial charge in [0.15, 0.2) is 0 Å². The van der Waals surface area contributed by atoms with Crippen molar-refractivity contribution in [1.29, 1.82) is 0 Å². The lowest BCUT2D eigenvalue weighted by atomic mass is 10.1. The fourth-order valence-electron chi connectivity index (χ4n) is 2.40. The molecule has 0 bridgehead atoms. The zero-order valence-electron chi connectivity index (χ0n) is 14.9. The predicted octanol–water partition coefficient (Wildman–Crippen LogP) is 5.08. The summed E-state index contributed by atoms with van der Waals surface area (Å²) in [6.07, 6.45) is 1.33. The quantitative estimate of drug-likeness (QED) is 0.364. The summed E-state index contributed by atoms with van der Waals surface area (Å²) in [5, 5.41) is 11.7. The highest BCUT2D eigenvalue weighted by atomic mass is 127. The van der Waals surface area contributed by atoms with Crippen LogP contribution in [0.1, 0.15) is 15.9 Å². The van der Waals surface area contributed by atoms with Crippen molar-refractivity contribution in [2.24, 2.45) is 0 Å². The van der Waals surface area contributed by atoms with E-state index in [0.717, 1.165) is 15.7 Å². The molecule has 2 N–H and O–H groups in total. The van der Waals surface area contributed by atoms with Crippen LogP contribution in [-0.2, 0) is 4.79 Å². The number of carboxylic acid groups (broad SMARTS) is 1. The van der Waals surface area contributed by atoms with E-state index in [0.29, 0.717) is 17.1 Å². The molecule has 0 aliphatic heterocycles. The number of aliphatic carboxylic acids is 1. The van der Waals surface area contributed by atoms with Crippen LogP contribution in [0.3, 0.4) is 0 Å². The van der Waals surface area contributed by atoms with Gasteiger partial charge in [0.1, 0.15) is 23.0 Å². The highest BCUT2D eigenvalue weighted by Crippen LogP contribution is 2.26. The third-order valence-corrected chi connectivity index (χ3v) is 4.73. The molecule has 29 heavy (non-hydrogen) atoms. The molecular formula is C22H15FINO4. The Labute approximate surface area is 180 Å². The molecule has 3 aromatic carbocycles. The number of nitrogens with one attached hydrogen (secondary N) is 1. The molecule has 0 unspecified atom stereocenters. The summed E-state index contributed by atoms with van der Waals surface area (Å²) in [6.45, 7) is 0. The minimum Gasteiger partial charge on any atom is -0.477 e. The largest absolute Gasteiger partial charge is 0.477 e. The zero-order chi connectivity index (χ0) is 20.8. The fraction of sp³-hybridized carbons (Fsp3) is 0. The lowest BCUT2D eigenvalue weighted by Gasteiger charge is -2.08. The van der Waals surface area contributed by atoms with Crippen molar-refractivity contribution in [3.63, 3.8) is 0 Å². The molecule has 0 aromatic heterocycles. The van der Waals surface area contributed by atoms with Crippen LogP contribution in [-0.4, -0.2) is 17.0 Å². The SMILES string of the molecule is O=C(O)C(=Cc1ccc(Oc2ccccc2I)cc1)NC(=O)c1ccc(F)cc1. The fourth-order valence-corrected chi connectivity index (χ4v) is 2.90. The summed E-state index contributed by atoms with van der Waals surface area (Å²) in [4.78, 5) is 23.7. The third-order valence-electron chi connectivity index (χ3n) is 3.84. The Morgan fingerprint density at radius 1 is 0.966 bits per heavy atom. The molecule has 5 nitrogen and oxygen atoms in total. The first-order valence-corrected chi connectivity index (χ1v) is 9.54. The van der Waals surface area contributed by atoms with E-state index in [-0.39, 0.29) is 11.3 Å². The van der Waals surface area contributed by atoms with Gasteiger partial charge in [-0.05, 0) is 82.8 Å². The highest BCUT2D eigenvalue weighted by Gasteiger charge is 2.13. The van der Waals surface area contributed by atoms with E-state index >= 15 is 0 Å². The van der Waals surface area contributed by atoms with Gasteiger partial charge in [0.05, 0.1) is 3.57 Å². The van der Waals surface area contributed by atoms with Gasteiger partial charge in [-0.1, -0.05) is 24.3 Å². The summed E-state index contributed by atoms with van der Waals surface area (Å²) < 4.78 is 19.7. The summed E-state index contributed by atoms with van der Waals surface area (Å²) >= 11 is 2.17. The van der Waals surface area contributed by atoms with Crippen LogP contribution in [0.5, 0.6) is 11.5 Å². The molecule has 1 amide bonds. The molecule has 0 fully saturated rings. The second-order valence-electron chi connectivity index (χ2n) is 5.93. The predicted molar refractivity (Wildman–Crippen MR) is 115 cm³/mol. The van der Waals surface area contributed by atoms with Crippen LogP contribution < -0.4 is 10.1 Å². The molecule has 0 heterocycles. The third kappa shape index (κ3) is 5.64. The zero-order valence-corrected chi connectivity index (χ0v) is 17.1. The van der Waals surface area contributed by atoms with Crippen LogP contribution in [0, 0.1) is 9.39 Å². The average molecular weight is 503 g/mol. The van der Waals surface area contributed by atoms with Crippen LogP contribution in [0.2, 0.25) is 0 Å². The number of hydrogen-bond acceptors (Lipinski definition) is 3. The first kappa shape index (κ1) is 20.5. The summed E-state index contributed by atoms with van der Waals surface area (Å²) in [6, 6.07) is 19.1. The number of hydrogen-bond donors (Lipinski definition) is 2. The maximum absolute atomic E-state index is 13.0. The minimum atomic E-state index is -1.29. The van der Waals surface area contributed by atoms with Crippen molar-refractivity contribution in [1.82, 2.24) is 5.32 Å². The van der Waals surface area contributed by atoms with Crippen molar-refractivity contribution in [2.75, 3.05) is 0 Å².